The summed E-state index contributed by atoms with van der Waals surface area (Å²) in [5, 5.41) is 3.00. The average Bonchev–Trinajstić information content (AvgIpc) is 2.62. The quantitative estimate of drug-likeness (QED) is 0.619. The molecule has 15 heavy (non-hydrogen) atoms. The first-order valence-corrected chi connectivity index (χ1v) is 5.87. The summed E-state index contributed by atoms with van der Waals surface area (Å²) in [5.74, 6) is 0.825. The van der Waals surface area contributed by atoms with Gasteiger partial charge in [-0.05, 0) is 45.3 Å². The van der Waals surface area contributed by atoms with Crippen molar-refractivity contribution in [2.75, 3.05) is 33.2 Å². The molecule has 0 aromatic carbocycles. The Kier molecular flexibility index (Phi) is 5.65. The first-order valence-electron chi connectivity index (χ1n) is 5.87. The Balaban J connectivity index is 2.01. The van der Waals surface area contributed by atoms with Crippen LogP contribution in [-0.2, 0) is 4.79 Å². The summed E-state index contributed by atoms with van der Waals surface area (Å²) in [5.41, 5.74) is 5.37. The van der Waals surface area contributed by atoms with E-state index in [9.17, 15) is 4.79 Å². The van der Waals surface area contributed by atoms with Crippen molar-refractivity contribution in [2.24, 2.45) is 11.7 Å². The molecule has 1 aliphatic rings. The smallest absolute Gasteiger partial charge is 0.220 e. The third-order valence-corrected chi connectivity index (χ3v) is 2.93. The molecule has 0 aromatic heterocycles. The fourth-order valence-electron chi connectivity index (χ4n) is 1.97. The van der Waals surface area contributed by atoms with E-state index >= 15 is 0 Å². The van der Waals surface area contributed by atoms with Crippen LogP contribution in [0.5, 0.6) is 0 Å². The van der Waals surface area contributed by atoms with Crippen LogP contribution in [0.25, 0.3) is 0 Å². The van der Waals surface area contributed by atoms with Crippen LogP contribution < -0.4 is 11.1 Å². The summed E-state index contributed by atoms with van der Waals surface area (Å²) in [6, 6.07) is 0. The fraction of sp³-hybridized carbons (Fsp3) is 0.909. The number of nitrogens with zero attached hydrogens (tertiary/aromatic N) is 1. The Morgan fingerprint density at radius 2 is 2.33 bits per heavy atom. The minimum Gasteiger partial charge on any atom is -0.356 e. The summed E-state index contributed by atoms with van der Waals surface area (Å²) >= 11 is 0. The number of nitrogens with one attached hydrogen (secondary N) is 1. The highest BCUT2D eigenvalue weighted by Gasteiger charge is 2.19. The Bertz CT molecular complexity index is 196. The van der Waals surface area contributed by atoms with Crippen molar-refractivity contribution < 1.29 is 4.79 Å². The highest BCUT2D eigenvalue weighted by molar-refractivity contribution is 5.75. The van der Waals surface area contributed by atoms with Gasteiger partial charge >= 0.3 is 0 Å². The largest absolute Gasteiger partial charge is 0.356 e. The number of hydrogen-bond donors (Lipinski definition) is 2. The lowest BCUT2D eigenvalue weighted by Crippen LogP contribution is -2.30. The molecule has 4 nitrogen and oxygen atoms in total. The van der Waals surface area contributed by atoms with Crippen LogP contribution in [-0.4, -0.2) is 44.0 Å². The molecule has 3 N–H and O–H groups in total. The molecule has 0 aliphatic carbocycles. The predicted octanol–water partition coefficient (Wildman–Crippen LogP) is 0.183. The molecule has 88 valence electrons. The summed E-state index contributed by atoms with van der Waals surface area (Å²) in [6.45, 7) is 3.79. The molecule has 0 bridgehead atoms. The molecule has 1 unspecified atom stereocenters. The normalized spacial score (nSPS) is 21.9. The van der Waals surface area contributed by atoms with Gasteiger partial charge in [0.15, 0.2) is 0 Å². The predicted molar refractivity (Wildman–Crippen MR) is 61.5 cm³/mol. The molecule has 1 atom stereocenters. The van der Waals surface area contributed by atoms with Gasteiger partial charge in [0.05, 0.1) is 0 Å². The molecule has 1 heterocycles. The Morgan fingerprint density at radius 3 is 2.93 bits per heavy atom. The third-order valence-electron chi connectivity index (χ3n) is 2.93. The molecule has 1 amide bonds. The zero-order valence-electron chi connectivity index (χ0n) is 9.67. The number of hydrogen-bond acceptors (Lipinski definition) is 3. The van der Waals surface area contributed by atoms with Crippen molar-refractivity contribution in [2.45, 2.75) is 25.7 Å². The molecule has 1 rings (SSSR count). The van der Waals surface area contributed by atoms with Crippen molar-refractivity contribution in [1.29, 1.82) is 0 Å². The van der Waals surface area contributed by atoms with Gasteiger partial charge in [-0.1, -0.05) is 0 Å². The van der Waals surface area contributed by atoms with Crippen LogP contribution in [0.1, 0.15) is 25.7 Å². The van der Waals surface area contributed by atoms with Crippen LogP contribution in [0.3, 0.4) is 0 Å². The number of unbranched alkanes of at least 4 members (excludes halogenated alkanes) is 1. The van der Waals surface area contributed by atoms with Gasteiger partial charge in [0.25, 0.3) is 0 Å². The Hall–Kier alpha value is -0.610. The number of carbonyl (C=O) groups is 1. The van der Waals surface area contributed by atoms with E-state index in [0.717, 1.165) is 32.5 Å². The van der Waals surface area contributed by atoms with E-state index in [1.165, 1.54) is 6.42 Å². The fourth-order valence-corrected chi connectivity index (χ4v) is 1.97. The highest BCUT2D eigenvalue weighted by Crippen LogP contribution is 2.12. The molecular weight excluding hydrogens is 190 g/mol. The second kappa shape index (κ2) is 6.80. The monoisotopic (exact) mass is 213 g/mol. The van der Waals surface area contributed by atoms with Crippen molar-refractivity contribution in [3.63, 3.8) is 0 Å². The van der Waals surface area contributed by atoms with Crippen molar-refractivity contribution in [1.82, 2.24) is 10.2 Å². The van der Waals surface area contributed by atoms with Gasteiger partial charge in [0, 0.05) is 19.5 Å². The summed E-state index contributed by atoms with van der Waals surface area (Å²) < 4.78 is 0. The average molecular weight is 213 g/mol. The molecular formula is C11H23N3O. The van der Waals surface area contributed by atoms with Crippen molar-refractivity contribution in [3.8, 4) is 0 Å². The number of likely N-dealkylation sites (tertiary alicyclic amines) is 1. The molecule has 1 saturated heterocycles. The van der Waals surface area contributed by atoms with Crippen molar-refractivity contribution in [3.05, 3.63) is 0 Å². The topological polar surface area (TPSA) is 58.4 Å². The van der Waals surface area contributed by atoms with Gasteiger partial charge in [-0.25, -0.2) is 0 Å². The summed E-state index contributed by atoms with van der Waals surface area (Å²) in [6.07, 6.45) is 3.69. The van der Waals surface area contributed by atoms with E-state index in [2.05, 4.69) is 17.3 Å². The van der Waals surface area contributed by atoms with Crippen molar-refractivity contribution >= 4 is 5.91 Å². The van der Waals surface area contributed by atoms with E-state index in [-0.39, 0.29) is 5.91 Å². The van der Waals surface area contributed by atoms with Gasteiger partial charge in [0.2, 0.25) is 5.91 Å². The second-order valence-corrected chi connectivity index (χ2v) is 4.47. The van der Waals surface area contributed by atoms with Crippen LogP contribution in [0, 0.1) is 5.92 Å². The van der Waals surface area contributed by atoms with Crippen LogP contribution >= 0.6 is 0 Å². The summed E-state index contributed by atoms with van der Waals surface area (Å²) in [4.78, 5) is 13.7. The van der Waals surface area contributed by atoms with Gasteiger partial charge in [0.1, 0.15) is 0 Å². The standard InChI is InChI=1S/C11H23N3O/c1-14-7-5-10(9-14)8-13-11(15)4-2-3-6-12/h10H,2-9,12H2,1H3,(H,13,15). The van der Waals surface area contributed by atoms with E-state index in [4.69, 9.17) is 5.73 Å². The maximum Gasteiger partial charge on any atom is 0.220 e. The Labute approximate surface area is 92.2 Å². The Morgan fingerprint density at radius 1 is 1.53 bits per heavy atom. The number of amides is 1. The molecule has 0 saturated carbocycles. The SMILES string of the molecule is CN1CCC(CNC(=O)CCCCN)C1. The van der Waals surface area contributed by atoms with Crippen LogP contribution in [0.4, 0.5) is 0 Å². The molecule has 1 fully saturated rings. The highest BCUT2D eigenvalue weighted by atomic mass is 16.1. The molecule has 0 spiro atoms. The first kappa shape index (κ1) is 12.5. The lowest BCUT2D eigenvalue weighted by Gasteiger charge is -2.11. The van der Waals surface area contributed by atoms with E-state index < -0.39 is 0 Å². The summed E-state index contributed by atoms with van der Waals surface area (Å²) in [7, 11) is 2.13. The number of rotatable bonds is 6. The zero-order valence-corrected chi connectivity index (χ0v) is 9.67. The minimum absolute atomic E-state index is 0.179. The van der Waals surface area contributed by atoms with Gasteiger partial charge in [-0.3, -0.25) is 4.79 Å². The number of carbonyl (C=O) groups excluding carboxylic acids is 1. The molecule has 0 aromatic rings. The zero-order chi connectivity index (χ0) is 11.1. The molecule has 0 radical (unpaired) electrons. The van der Waals surface area contributed by atoms with Gasteiger partial charge < -0.3 is 16.0 Å². The van der Waals surface area contributed by atoms with E-state index in [0.29, 0.717) is 18.9 Å². The van der Waals surface area contributed by atoms with Gasteiger partial charge in [-0.2, -0.15) is 0 Å². The number of nitrogens with two attached hydrogens (primary N) is 1. The maximum atomic E-state index is 11.4. The van der Waals surface area contributed by atoms with E-state index in [1.54, 1.807) is 0 Å². The lowest BCUT2D eigenvalue weighted by atomic mass is 10.1. The second-order valence-electron chi connectivity index (χ2n) is 4.47. The van der Waals surface area contributed by atoms with Gasteiger partial charge in [-0.15, -0.1) is 0 Å². The maximum absolute atomic E-state index is 11.4. The minimum atomic E-state index is 0.179. The van der Waals surface area contributed by atoms with E-state index in [1.807, 2.05) is 0 Å². The molecule has 1 aliphatic heterocycles. The van der Waals surface area contributed by atoms with Crippen LogP contribution in [0.2, 0.25) is 0 Å². The van der Waals surface area contributed by atoms with Crippen LogP contribution in [0.15, 0.2) is 0 Å². The lowest BCUT2D eigenvalue weighted by molar-refractivity contribution is -0.121. The first-order chi connectivity index (χ1) is 7.22. The molecule has 4 heteroatoms. The third kappa shape index (κ3) is 5.14.